The maximum atomic E-state index is 12.1. The molecule has 0 unspecified atom stereocenters. The van der Waals surface area contributed by atoms with E-state index >= 15 is 0 Å². The van der Waals surface area contributed by atoms with Crippen LogP contribution in [0.5, 0.6) is 0 Å². The van der Waals surface area contributed by atoms with Crippen molar-refractivity contribution >= 4 is 21.4 Å². The second kappa shape index (κ2) is 6.49. The van der Waals surface area contributed by atoms with Crippen molar-refractivity contribution in [1.29, 1.82) is 0 Å². The number of hydrogen-bond acceptors (Lipinski definition) is 4. The van der Waals surface area contributed by atoms with Crippen molar-refractivity contribution < 1.29 is 13.2 Å². The van der Waals surface area contributed by atoms with E-state index in [1.54, 1.807) is 32.3 Å². The van der Waals surface area contributed by atoms with Gasteiger partial charge in [-0.05, 0) is 25.3 Å². The van der Waals surface area contributed by atoms with Crippen molar-refractivity contribution in [2.24, 2.45) is 0 Å². The zero-order chi connectivity index (χ0) is 12.9. The van der Waals surface area contributed by atoms with Gasteiger partial charge in [-0.2, -0.15) is 4.31 Å². The molecule has 0 radical (unpaired) electrons. The smallest absolute Gasteiger partial charge is 0.216 e. The number of hydrogen-bond donors (Lipinski definition) is 0. The summed E-state index contributed by atoms with van der Waals surface area (Å²) >= 11 is 1.57. The number of thiophene rings is 1. The standard InChI is InChI=1S/C11H19NO3S2/c1-10(2)17(13,14)12(6-7-15-3)9-11-5-4-8-16-11/h4-5,8,10H,6-7,9H2,1-3H3. The molecule has 17 heavy (non-hydrogen) atoms. The molecule has 6 heteroatoms. The van der Waals surface area contributed by atoms with Crippen molar-refractivity contribution in [1.82, 2.24) is 4.31 Å². The summed E-state index contributed by atoms with van der Waals surface area (Å²) in [7, 11) is -1.65. The van der Waals surface area contributed by atoms with E-state index in [2.05, 4.69) is 0 Å². The van der Waals surface area contributed by atoms with Gasteiger partial charge in [-0.1, -0.05) is 6.07 Å². The summed E-state index contributed by atoms with van der Waals surface area (Å²) in [6.07, 6.45) is 0. The Morgan fingerprint density at radius 3 is 2.65 bits per heavy atom. The van der Waals surface area contributed by atoms with E-state index < -0.39 is 15.3 Å². The van der Waals surface area contributed by atoms with Gasteiger partial charge < -0.3 is 4.74 Å². The normalized spacial score (nSPS) is 12.5. The zero-order valence-electron chi connectivity index (χ0n) is 10.4. The van der Waals surface area contributed by atoms with Crippen LogP contribution >= 0.6 is 11.3 Å². The highest BCUT2D eigenvalue weighted by Crippen LogP contribution is 2.16. The summed E-state index contributed by atoms with van der Waals surface area (Å²) in [5.41, 5.74) is 0. The van der Waals surface area contributed by atoms with Gasteiger partial charge in [-0.15, -0.1) is 11.3 Å². The molecule has 1 aromatic heterocycles. The van der Waals surface area contributed by atoms with Gasteiger partial charge in [-0.25, -0.2) is 8.42 Å². The maximum Gasteiger partial charge on any atom is 0.216 e. The molecule has 0 aliphatic carbocycles. The van der Waals surface area contributed by atoms with Crippen molar-refractivity contribution in [3.8, 4) is 0 Å². The van der Waals surface area contributed by atoms with Crippen LogP contribution in [-0.4, -0.2) is 38.2 Å². The molecular formula is C11H19NO3S2. The minimum atomic E-state index is -3.23. The quantitative estimate of drug-likeness (QED) is 0.765. The number of nitrogens with zero attached hydrogens (tertiary/aromatic N) is 1. The van der Waals surface area contributed by atoms with E-state index in [0.717, 1.165) is 4.88 Å². The molecule has 0 spiro atoms. The summed E-state index contributed by atoms with van der Waals surface area (Å²) in [5, 5.41) is 1.55. The van der Waals surface area contributed by atoms with E-state index in [-0.39, 0.29) is 0 Å². The van der Waals surface area contributed by atoms with E-state index in [0.29, 0.717) is 19.7 Å². The van der Waals surface area contributed by atoms with E-state index in [1.807, 2.05) is 17.5 Å². The average Bonchev–Trinajstić information content (AvgIpc) is 2.76. The molecule has 0 saturated carbocycles. The number of rotatable bonds is 7. The van der Waals surface area contributed by atoms with Crippen LogP contribution in [0.2, 0.25) is 0 Å². The molecule has 0 aliphatic heterocycles. The Morgan fingerprint density at radius 2 is 2.18 bits per heavy atom. The molecule has 1 rings (SSSR count). The SMILES string of the molecule is COCCN(Cc1cccs1)S(=O)(=O)C(C)C. The number of ether oxygens (including phenoxy) is 1. The lowest BCUT2D eigenvalue weighted by Gasteiger charge is -2.23. The second-order valence-corrected chi connectivity index (χ2v) is 7.52. The van der Waals surface area contributed by atoms with Crippen molar-refractivity contribution in [3.05, 3.63) is 22.4 Å². The molecule has 4 nitrogen and oxygen atoms in total. The summed E-state index contributed by atoms with van der Waals surface area (Å²) in [5.74, 6) is 0. The number of sulfonamides is 1. The zero-order valence-corrected chi connectivity index (χ0v) is 12.1. The lowest BCUT2D eigenvalue weighted by molar-refractivity contribution is 0.177. The van der Waals surface area contributed by atoms with Crippen LogP contribution in [0.3, 0.4) is 0 Å². The third-order valence-corrected chi connectivity index (χ3v) is 5.50. The van der Waals surface area contributed by atoms with Crippen LogP contribution in [-0.2, 0) is 21.3 Å². The predicted octanol–water partition coefficient (Wildman–Crippen LogP) is 1.93. The Hall–Kier alpha value is -0.430. The first kappa shape index (κ1) is 14.6. The molecule has 1 aromatic rings. The van der Waals surface area contributed by atoms with Crippen LogP contribution in [0.4, 0.5) is 0 Å². The highest BCUT2D eigenvalue weighted by Gasteiger charge is 2.25. The first-order valence-corrected chi connectivity index (χ1v) is 7.87. The van der Waals surface area contributed by atoms with Gasteiger partial charge in [0.05, 0.1) is 11.9 Å². The molecule has 0 atom stereocenters. The van der Waals surface area contributed by atoms with Crippen LogP contribution in [0.1, 0.15) is 18.7 Å². The van der Waals surface area contributed by atoms with Gasteiger partial charge >= 0.3 is 0 Å². The fourth-order valence-electron chi connectivity index (χ4n) is 1.36. The summed E-state index contributed by atoms with van der Waals surface area (Å²) in [4.78, 5) is 1.05. The van der Waals surface area contributed by atoms with Crippen molar-refractivity contribution in [2.45, 2.75) is 25.6 Å². The lowest BCUT2D eigenvalue weighted by atomic mass is 10.4. The molecule has 0 aliphatic rings. The Kier molecular flexibility index (Phi) is 5.58. The monoisotopic (exact) mass is 277 g/mol. The predicted molar refractivity (Wildman–Crippen MR) is 70.7 cm³/mol. The van der Waals surface area contributed by atoms with E-state index in [1.165, 1.54) is 4.31 Å². The molecule has 1 heterocycles. The summed E-state index contributed by atoms with van der Waals surface area (Å²) < 4.78 is 30.7. The van der Waals surface area contributed by atoms with E-state index in [4.69, 9.17) is 4.74 Å². The lowest BCUT2D eigenvalue weighted by Crippen LogP contribution is -2.37. The van der Waals surface area contributed by atoms with Crippen molar-refractivity contribution in [3.63, 3.8) is 0 Å². The first-order chi connectivity index (χ1) is 7.98. The third-order valence-electron chi connectivity index (χ3n) is 2.41. The fraction of sp³-hybridized carbons (Fsp3) is 0.636. The summed E-state index contributed by atoms with van der Waals surface area (Å²) in [6.45, 7) is 4.64. The molecule has 0 saturated heterocycles. The number of methoxy groups -OCH3 is 1. The fourth-order valence-corrected chi connectivity index (χ4v) is 3.41. The molecule has 0 aromatic carbocycles. The third kappa shape index (κ3) is 4.06. The Labute approximate surface area is 107 Å². The molecule has 98 valence electrons. The van der Waals surface area contributed by atoms with Crippen LogP contribution < -0.4 is 0 Å². The highest BCUT2D eigenvalue weighted by molar-refractivity contribution is 7.89. The maximum absolute atomic E-state index is 12.1. The second-order valence-electron chi connectivity index (χ2n) is 4.00. The Bertz CT molecular complexity index is 412. The minimum absolute atomic E-state index is 0.398. The minimum Gasteiger partial charge on any atom is -0.383 e. The molecule has 0 fully saturated rings. The van der Waals surface area contributed by atoms with Crippen molar-refractivity contribution in [2.75, 3.05) is 20.3 Å². The van der Waals surface area contributed by atoms with Gasteiger partial charge in [0.2, 0.25) is 10.0 Å². The van der Waals surface area contributed by atoms with E-state index in [9.17, 15) is 8.42 Å². The molecule has 0 N–H and O–H groups in total. The summed E-state index contributed by atoms with van der Waals surface area (Å²) in [6, 6.07) is 3.87. The van der Waals surface area contributed by atoms with Gasteiger partial charge in [0.1, 0.15) is 0 Å². The van der Waals surface area contributed by atoms with Gasteiger partial charge in [0.15, 0.2) is 0 Å². The first-order valence-electron chi connectivity index (χ1n) is 5.48. The highest BCUT2D eigenvalue weighted by atomic mass is 32.2. The molecular weight excluding hydrogens is 258 g/mol. The topological polar surface area (TPSA) is 46.6 Å². The van der Waals surface area contributed by atoms with Gasteiger partial charge in [0.25, 0.3) is 0 Å². The Balaban J connectivity index is 2.80. The van der Waals surface area contributed by atoms with Crippen LogP contribution in [0, 0.1) is 0 Å². The van der Waals surface area contributed by atoms with Crippen LogP contribution in [0.25, 0.3) is 0 Å². The Morgan fingerprint density at radius 1 is 1.47 bits per heavy atom. The van der Waals surface area contributed by atoms with Gasteiger partial charge in [0, 0.05) is 25.1 Å². The van der Waals surface area contributed by atoms with Gasteiger partial charge in [-0.3, -0.25) is 0 Å². The molecule has 0 amide bonds. The average molecular weight is 277 g/mol. The largest absolute Gasteiger partial charge is 0.383 e. The molecule has 0 bridgehead atoms. The van der Waals surface area contributed by atoms with Crippen LogP contribution in [0.15, 0.2) is 17.5 Å².